The van der Waals surface area contributed by atoms with Crippen LogP contribution in [0.3, 0.4) is 0 Å². The number of nitrogens with one attached hydrogen (secondary N) is 1. The van der Waals surface area contributed by atoms with Gasteiger partial charge in [0.1, 0.15) is 5.69 Å². The number of carbonyl (C=O) groups is 1. The summed E-state index contributed by atoms with van der Waals surface area (Å²) in [4.78, 5) is 14.4. The summed E-state index contributed by atoms with van der Waals surface area (Å²) in [7, 11) is 1.96. The third-order valence-corrected chi connectivity index (χ3v) is 4.18. The van der Waals surface area contributed by atoms with E-state index < -0.39 is 0 Å². The van der Waals surface area contributed by atoms with Gasteiger partial charge in [-0.2, -0.15) is 0 Å². The Balaban J connectivity index is 0.00000200. The highest BCUT2D eigenvalue weighted by atomic mass is 35.5. The minimum Gasteiger partial charge on any atom is -0.344 e. The molecule has 5 heteroatoms. The topological polar surface area (TPSA) is 37.3 Å². The standard InChI is InChI=1S/C15H25N3O.ClH/c1-4-16-11-13-7-9-18(10-8-13)15(19)14-6-5-12(2)17(14)3;/h5-6,13,16H,4,7-11H2,1-3H3;1H. The SMILES string of the molecule is CCNCC1CCN(C(=O)c2ccc(C)n2C)CC1.Cl. The fraction of sp³-hybridized carbons (Fsp3) is 0.667. The lowest BCUT2D eigenvalue weighted by Crippen LogP contribution is -2.41. The van der Waals surface area contributed by atoms with Gasteiger partial charge in [0.2, 0.25) is 0 Å². The summed E-state index contributed by atoms with van der Waals surface area (Å²) in [5, 5.41) is 3.40. The third-order valence-electron chi connectivity index (χ3n) is 4.18. The van der Waals surface area contributed by atoms with E-state index in [9.17, 15) is 4.79 Å². The van der Waals surface area contributed by atoms with E-state index in [-0.39, 0.29) is 18.3 Å². The summed E-state index contributed by atoms with van der Waals surface area (Å²) < 4.78 is 1.98. The van der Waals surface area contributed by atoms with Crippen LogP contribution >= 0.6 is 12.4 Å². The van der Waals surface area contributed by atoms with Crippen LogP contribution in [0.1, 0.15) is 35.9 Å². The molecule has 0 aromatic carbocycles. The average Bonchev–Trinajstić information content (AvgIpc) is 2.76. The predicted molar refractivity (Wildman–Crippen MR) is 84.6 cm³/mol. The Labute approximate surface area is 127 Å². The Kier molecular flexibility index (Phi) is 6.56. The smallest absolute Gasteiger partial charge is 0.270 e. The maximum absolute atomic E-state index is 12.4. The van der Waals surface area contributed by atoms with E-state index in [1.165, 1.54) is 0 Å². The first-order chi connectivity index (χ1) is 9.13. The van der Waals surface area contributed by atoms with Gasteiger partial charge in [0.15, 0.2) is 0 Å². The molecule has 1 aromatic rings. The number of nitrogens with zero attached hydrogens (tertiary/aromatic N) is 2. The minimum atomic E-state index is 0. The highest BCUT2D eigenvalue weighted by Gasteiger charge is 2.24. The second-order valence-corrected chi connectivity index (χ2v) is 5.46. The monoisotopic (exact) mass is 299 g/mol. The quantitative estimate of drug-likeness (QED) is 0.925. The molecule has 4 nitrogen and oxygen atoms in total. The maximum atomic E-state index is 12.4. The molecular formula is C15H26ClN3O. The number of hydrogen-bond donors (Lipinski definition) is 1. The lowest BCUT2D eigenvalue weighted by atomic mass is 9.96. The second kappa shape index (κ2) is 7.70. The Morgan fingerprint density at radius 2 is 2.00 bits per heavy atom. The van der Waals surface area contributed by atoms with Gasteiger partial charge in [-0.15, -0.1) is 12.4 Å². The van der Waals surface area contributed by atoms with Gasteiger partial charge >= 0.3 is 0 Å². The maximum Gasteiger partial charge on any atom is 0.270 e. The first-order valence-electron chi connectivity index (χ1n) is 7.25. The van der Waals surface area contributed by atoms with Crippen LogP contribution in [-0.4, -0.2) is 41.6 Å². The molecule has 1 fully saturated rings. The molecule has 1 aliphatic heterocycles. The largest absolute Gasteiger partial charge is 0.344 e. The van der Waals surface area contributed by atoms with Crippen molar-refractivity contribution in [3.8, 4) is 0 Å². The summed E-state index contributed by atoms with van der Waals surface area (Å²) in [5.74, 6) is 0.900. The lowest BCUT2D eigenvalue weighted by molar-refractivity contribution is 0.0680. The molecule has 2 rings (SSSR count). The number of carbonyl (C=O) groups excluding carboxylic acids is 1. The van der Waals surface area contributed by atoms with Gasteiger partial charge in [-0.05, 0) is 50.9 Å². The van der Waals surface area contributed by atoms with Gasteiger partial charge in [0, 0.05) is 25.8 Å². The second-order valence-electron chi connectivity index (χ2n) is 5.46. The van der Waals surface area contributed by atoms with E-state index in [0.29, 0.717) is 0 Å². The van der Waals surface area contributed by atoms with Crippen LogP contribution < -0.4 is 5.32 Å². The zero-order valence-electron chi connectivity index (χ0n) is 12.7. The van der Waals surface area contributed by atoms with Crippen molar-refractivity contribution in [1.82, 2.24) is 14.8 Å². The number of rotatable bonds is 4. The normalized spacial score (nSPS) is 16.1. The van der Waals surface area contributed by atoms with Crippen LogP contribution in [-0.2, 0) is 7.05 Å². The molecule has 0 spiro atoms. The van der Waals surface area contributed by atoms with Crippen molar-refractivity contribution in [3.63, 3.8) is 0 Å². The first kappa shape index (κ1) is 17.1. The summed E-state index contributed by atoms with van der Waals surface area (Å²) in [6.45, 7) is 8.05. The molecule has 20 heavy (non-hydrogen) atoms. The Bertz CT molecular complexity index is 436. The Hall–Kier alpha value is -1.00. The van der Waals surface area contributed by atoms with Crippen LogP contribution in [0.5, 0.6) is 0 Å². The summed E-state index contributed by atoms with van der Waals surface area (Å²) >= 11 is 0. The molecule has 0 radical (unpaired) electrons. The number of hydrogen-bond acceptors (Lipinski definition) is 2. The number of amides is 1. The molecule has 2 heterocycles. The van der Waals surface area contributed by atoms with Gasteiger partial charge in [-0.1, -0.05) is 6.92 Å². The molecule has 0 bridgehead atoms. The van der Waals surface area contributed by atoms with E-state index in [4.69, 9.17) is 0 Å². The van der Waals surface area contributed by atoms with Crippen LogP contribution in [0.2, 0.25) is 0 Å². The molecule has 114 valence electrons. The van der Waals surface area contributed by atoms with Crippen LogP contribution in [0, 0.1) is 12.8 Å². The molecule has 0 unspecified atom stereocenters. The highest BCUT2D eigenvalue weighted by molar-refractivity contribution is 5.93. The van der Waals surface area contributed by atoms with Gasteiger partial charge in [0.25, 0.3) is 5.91 Å². The third kappa shape index (κ3) is 3.76. The van der Waals surface area contributed by atoms with Gasteiger partial charge in [-0.25, -0.2) is 0 Å². The van der Waals surface area contributed by atoms with Crippen molar-refractivity contribution >= 4 is 18.3 Å². The number of aryl methyl sites for hydroxylation is 1. The number of piperidine rings is 1. The van der Waals surface area contributed by atoms with Crippen molar-refractivity contribution in [2.75, 3.05) is 26.2 Å². The van der Waals surface area contributed by atoms with Crippen LogP contribution in [0.4, 0.5) is 0 Å². The predicted octanol–water partition coefficient (Wildman–Crippen LogP) is 2.22. The summed E-state index contributed by atoms with van der Waals surface area (Å²) in [6.07, 6.45) is 2.23. The highest BCUT2D eigenvalue weighted by Crippen LogP contribution is 2.19. The Morgan fingerprint density at radius 1 is 1.35 bits per heavy atom. The fourth-order valence-electron chi connectivity index (χ4n) is 2.68. The number of likely N-dealkylation sites (tertiary alicyclic amines) is 1. The van der Waals surface area contributed by atoms with Crippen molar-refractivity contribution in [1.29, 1.82) is 0 Å². The molecule has 0 saturated carbocycles. The van der Waals surface area contributed by atoms with E-state index in [1.807, 2.05) is 35.6 Å². The van der Waals surface area contributed by atoms with E-state index in [1.54, 1.807) is 0 Å². The van der Waals surface area contributed by atoms with Gasteiger partial charge in [0.05, 0.1) is 0 Å². The van der Waals surface area contributed by atoms with Crippen LogP contribution in [0.25, 0.3) is 0 Å². The van der Waals surface area contributed by atoms with Gasteiger partial charge in [-0.3, -0.25) is 4.79 Å². The summed E-state index contributed by atoms with van der Waals surface area (Å²) in [6, 6.07) is 3.94. The lowest BCUT2D eigenvalue weighted by Gasteiger charge is -2.32. The zero-order valence-corrected chi connectivity index (χ0v) is 13.5. The molecule has 0 aliphatic carbocycles. The van der Waals surface area contributed by atoms with Crippen LogP contribution in [0.15, 0.2) is 12.1 Å². The Morgan fingerprint density at radius 3 is 2.50 bits per heavy atom. The fourth-order valence-corrected chi connectivity index (χ4v) is 2.68. The summed E-state index contributed by atoms with van der Waals surface area (Å²) in [5.41, 5.74) is 1.94. The van der Waals surface area contributed by atoms with Crippen molar-refractivity contribution in [2.45, 2.75) is 26.7 Å². The molecular weight excluding hydrogens is 274 g/mol. The molecule has 0 atom stereocenters. The molecule has 1 amide bonds. The average molecular weight is 300 g/mol. The minimum absolute atomic E-state index is 0. The van der Waals surface area contributed by atoms with E-state index in [2.05, 4.69) is 12.2 Å². The molecule has 1 N–H and O–H groups in total. The van der Waals surface area contributed by atoms with Crippen molar-refractivity contribution in [3.05, 3.63) is 23.5 Å². The van der Waals surface area contributed by atoms with Gasteiger partial charge < -0.3 is 14.8 Å². The van der Waals surface area contributed by atoms with E-state index >= 15 is 0 Å². The molecule has 1 saturated heterocycles. The number of halogens is 1. The van der Waals surface area contributed by atoms with Crippen molar-refractivity contribution < 1.29 is 4.79 Å². The molecule has 1 aromatic heterocycles. The first-order valence-corrected chi connectivity index (χ1v) is 7.25. The van der Waals surface area contributed by atoms with Crippen molar-refractivity contribution in [2.24, 2.45) is 13.0 Å². The molecule has 1 aliphatic rings. The number of aromatic nitrogens is 1. The zero-order chi connectivity index (χ0) is 13.8. The van der Waals surface area contributed by atoms with E-state index in [0.717, 1.165) is 56.3 Å².